The second-order valence-corrected chi connectivity index (χ2v) is 7.82. The highest BCUT2D eigenvalue weighted by Crippen LogP contribution is 2.49. The molecule has 31 heavy (non-hydrogen) atoms. The summed E-state index contributed by atoms with van der Waals surface area (Å²) >= 11 is 0. The maximum absolute atomic E-state index is 14.0. The first kappa shape index (κ1) is 21.4. The highest BCUT2D eigenvalue weighted by Gasteiger charge is 2.64. The predicted octanol–water partition coefficient (Wildman–Crippen LogP) is 5.00. The molecule has 0 spiro atoms. The SMILES string of the molecule is Cn1nc(C(F)(F)F)cc1C1(C(F)(F)F)CC(c2ccc(C(=O)CC3CC3)cc2)=NO1. The fourth-order valence-electron chi connectivity index (χ4n) is 3.56. The van der Waals surface area contributed by atoms with E-state index in [-0.39, 0.29) is 17.1 Å². The van der Waals surface area contributed by atoms with E-state index in [1.165, 1.54) is 24.3 Å². The second kappa shape index (κ2) is 7.10. The Morgan fingerprint density at radius 2 is 1.81 bits per heavy atom. The molecule has 2 aromatic rings. The first-order valence-corrected chi connectivity index (χ1v) is 9.48. The van der Waals surface area contributed by atoms with Crippen LogP contribution < -0.4 is 0 Å². The van der Waals surface area contributed by atoms with Crippen LogP contribution in [0, 0.1) is 5.92 Å². The fourth-order valence-corrected chi connectivity index (χ4v) is 3.56. The van der Waals surface area contributed by atoms with Crippen LogP contribution >= 0.6 is 0 Å². The van der Waals surface area contributed by atoms with Gasteiger partial charge in [-0.2, -0.15) is 31.4 Å². The average molecular weight is 445 g/mol. The van der Waals surface area contributed by atoms with Crippen molar-refractivity contribution in [1.29, 1.82) is 0 Å². The van der Waals surface area contributed by atoms with E-state index in [0.717, 1.165) is 19.9 Å². The molecule has 0 radical (unpaired) electrons. The molecule has 1 aromatic heterocycles. The van der Waals surface area contributed by atoms with Gasteiger partial charge in [-0.3, -0.25) is 9.48 Å². The molecule has 5 nitrogen and oxygen atoms in total. The van der Waals surface area contributed by atoms with Crippen molar-refractivity contribution >= 4 is 11.5 Å². The number of ketones is 1. The molecule has 1 fully saturated rings. The predicted molar refractivity (Wildman–Crippen MR) is 96.3 cm³/mol. The molecule has 2 heterocycles. The van der Waals surface area contributed by atoms with E-state index < -0.39 is 35.8 Å². The molecular weight excluding hydrogens is 428 g/mol. The lowest BCUT2D eigenvalue weighted by Crippen LogP contribution is -2.44. The summed E-state index contributed by atoms with van der Waals surface area (Å²) in [4.78, 5) is 16.9. The van der Waals surface area contributed by atoms with Gasteiger partial charge in [-0.1, -0.05) is 29.4 Å². The number of benzene rings is 1. The number of alkyl halides is 6. The van der Waals surface area contributed by atoms with Crippen molar-refractivity contribution in [1.82, 2.24) is 9.78 Å². The maximum atomic E-state index is 14.0. The Morgan fingerprint density at radius 1 is 1.16 bits per heavy atom. The molecule has 0 amide bonds. The molecule has 0 N–H and O–H groups in total. The number of aromatic nitrogens is 2. The quantitative estimate of drug-likeness (QED) is 0.481. The number of Topliss-reactive ketones (excluding diaryl/α,β-unsaturated/α-hetero) is 1. The lowest BCUT2D eigenvalue weighted by atomic mass is 9.89. The molecule has 4 rings (SSSR count). The molecule has 1 aliphatic carbocycles. The van der Waals surface area contributed by atoms with Crippen LogP contribution in [0.25, 0.3) is 0 Å². The standard InChI is InChI=1S/C20H17F6N3O2/c1-29-17(9-16(27-29)19(21,22)23)18(20(24,25)26)10-14(28-31-18)12-4-6-13(7-5-12)15(30)8-11-2-3-11/h4-7,9,11H,2-3,8,10H2,1H3. The van der Waals surface area contributed by atoms with E-state index in [9.17, 15) is 31.1 Å². The van der Waals surface area contributed by atoms with E-state index in [1.807, 2.05) is 0 Å². The summed E-state index contributed by atoms with van der Waals surface area (Å²) in [5, 5.41) is 6.70. The van der Waals surface area contributed by atoms with Gasteiger partial charge in [-0.05, 0) is 30.4 Å². The molecule has 11 heteroatoms. The third kappa shape index (κ3) is 3.92. The lowest BCUT2D eigenvalue weighted by molar-refractivity contribution is -0.278. The van der Waals surface area contributed by atoms with Gasteiger partial charge in [0.05, 0.1) is 17.8 Å². The summed E-state index contributed by atoms with van der Waals surface area (Å²) in [5.74, 6) is 0.352. The van der Waals surface area contributed by atoms with E-state index >= 15 is 0 Å². The van der Waals surface area contributed by atoms with Gasteiger partial charge >= 0.3 is 12.4 Å². The highest BCUT2D eigenvalue weighted by atomic mass is 19.4. The van der Waals surface area contributed by atoms with Crippen LogP contribution in [-0.4, -0.2) is 27.5 Å². The number of hydrogen-bond acceptors (Lipinski definition) is 4. The summed E-state index contributed by atoms with van der Waals surface area (Å²) in [6.07, 6.45) is -8.34. The van der Waals surface area contributed by atoms with Gasteiger partial charge < -0.3 is 4.84 Å². The lowest BCUT2D eigenvalue weighted by Gasteiger charge is -2.28. The number of aryl methyl sites for hydroxylation is 1. The zero-order valence-electron chi connectivity index (χ0n) is 16.2. The van der Waals surface area contributed by atoms with Gasteiger partial charge in [-0.25, -0.2) is 0 Å². The summed E-state index contributed by atoms with van der Waals surface area (Å²) in [7, 11) is 0.986. The number of hydrogen-bond donors (Lipinski definition) is 0. The number of halogens is 6. The number of nitrogens with zero attached hydrogens (tertiary/aromatic N) is 3. The molecule has 0 bridgehead atoms. The van der Waals surface area contributed by atoms with Gasteiger partial charge in [0.1, 0.15) is 0 Å². The van der Waals surface area contributed by atoms with Gasteiger partial charge in [0.2, 0.25) is 0 Å². The average Bonchev–Trinajstić information content (AvgIpc) is 3.21. The Labute approximate surface area is 172 Å². The number of carbonyl (C=O) groups excluding carboxylic acids is 1. The Bertz CT molecular complexity index is 1030. The minimum atomic E-state index is -5.06. The van der Waals surface area contributed by atoms with Crippen molar-refractivity contribution in [2.75, 3.05) is 0 Å². The third-order valence-electron chi connectivity index (χ3n) is 5.48. The van der Waals surface area contributed by atoms with Crippen molar-refractivity contribution in [3.8, 4) is 0 Å². The van der Waals surface area contributed by atoms with E-state index in [0.29, 0.717) is 28.7 Å². The summed E-state index contributed by atoms with van der Waals surface area (Å²) in [6, 6.07) is 6.24. The molecule has 1 saturated carbocycles. The van der Waals surface area contributed by atoms with Crippen molar-refractivity contribution in [3.63, 3.8) is 0 Å². The van der Waals surface area contributed by atoms with Crippen LogP contribution in [0.15, 0.2) is 35.5 Å². The first-order valence-electron chi connectivity index (χ1n) is 9.48. The Morgan fingerprint density at radius 3 is 2.32 bits per heavy atom. The van der Waals surface area contributed by atoms with E-state index in [4.69, 9.17) is 4.84 Å². The van der Waals surface area contributed by atoms with Crippen molar-refractivity contribution < 1.29 is 36.0 Å². The molecule has 1 aliphatic heterocycles. The monoisotopic (exact) mass is 445 g/mol. The Kier molecular flexibility index (Phi) is 4.90. The van der Waals surface area contributed by atoms with Crippen molar-refractivity contribution in [2.24, 2.45) is 18.1 Å². The normalized spacial score (nSPS) is 21.7. The molecule has 1 unspecified atom stereocenters. The van der Waals surface area contributed by atoms with Crippen molar-refractivity contribution in [3.05, 3.63) is 52.8 Å². The molecule has 1 atom stereocenters. The Hall–Kier alpha value is -2.85. The fraction of sp³-hybridized carbons (Fsp3) is 0.450. The summed E-state index contributed by atoms with van der Waals surface area (Å²) in [5.41, 5.74) is -4.72. The minimum Gasteiger partial charge on any atom is -0.372 e. The first-order chi connectivity index (χ1) is 14.4. The maximum Gasteiger partial charge on any atom is 0.437 e. The van der Waals surface area contributed by atoms with Crippen LogP contribution in [0.5, 0.6) is 0 Å². The van der Waals surface area contributed by atoms with Crippen LogP contribution in [0.2, 0.25) is 0 Å². The van der Waals surface area contributed by atoms with Gasteiger partial charge in [-0.15, -0.1) is 0 Å². The molecule has 166 valence electrons. The molecule has 0 saturated heterocycles. The Balaban J connectivity index is 1.61. The summed E-state index contributed by atoms with van der Waals surface area (Å²) in [6.45, 7) is 0. The van der Waals surface area contributed by atoms with E-state index in [2.05, 4.69) is 10.3 Å². The third-order valence-corrected chi connectivity index (χ3v) is 5.48. The minimum absolute atomic E-state index is 0.0436. The zero-order chi connectivity index (χ0) is 22.6. The second-order valence-electron chi connectivity index (χ2n) is 7.82. The smallest absolute Gasteiger partial charge is 0.372 e. The largest absolute Gasteiger partial charge is 0.437 e. The molecule has 2 aliphatic rings. The summed E-state index contributed by atoms with van der Waals surface area (Å²) < 4.78 is 81.4. The van der Waals surface area contributed by atoms with Crippen LogP contribution in [0.4, 0.5) is 26.3 Å². The van der Waals surface area contributed by atoms with Crippen LogP contribution in [0.1, 0.15) is 53.0 Å². The van der Waals surface area contributed by atoms with Gasteiger partial charge in [0.15, 0.2) is 11.5 Å². The van der Waals surface area contributed by atoms with Crippen LogP contribution in [-0.2, 0) is 23.7 Å². The topological polar surface area (TPSA) is 56.5 Å². The highest BCUT2D eigenvalue weighted by molar-refractivity contribution is 6.03. The number of carbonyl (C=O) groups is 1. The van der Waals surface area contributed by atoms with Gasteiger partial charge in [0, 0.05) is 19.0 Å². The zero-order valence-corrected chi connectivity index (χ0v) is 16.2. The van der Waals surface area contributed by atoms with Crippen LogP contribution in [0.3, 0.4) is 0 Å². The van der Waals surface area contributed by atoms with E-state index in [1.54, 1.807) is 0 Å². The molecule has 1 aromatic carbocycles. The van der Waals surface area contributed by atoms with Crippen molar-refractivity contribution in [2.45, 2.75) is 43.6 Å². The molecular formula is C20H17F6N3O2. The number of oxime groups is 1. The number of rotatable bonds is 5. The van der Waals surface area contributed by atoms with Gasteiger partial charge in [0.25, 0.3) is 5.60 Å².